The third kappa shape index (κ3) is 7.17. The molecule has 0 fully saturated rings. The average molecular weight is 824 g/mol. The molecule has 306 valence electrons. The van der Waals surface area contributed by atoms with Gasteiger partial charge in [0, 0.05) is 50.7 Å². The predicted molar refractivity (Wildman–Crippen MR) is 271 cm³/mol. The van der Waals surface area contributed by atoms with Crippen LogP contribution >= 0.6 is 0 Å². The summed E-state index contributed by atoms with van der Waals surface area (Å²) in [5, 5.41) is 4.36. The second kappa shape index (κ2) is 16.6. The summed E-state index contributed by atoms with van der Waals surface area (Å²) in [6, 6.07) is 73.6. The lowest BCUT2D eigenvalue weighted by Gasteiger charge is -2.25. The molecule has 11 rings (SSSR count). The van der Waals surface area contributed by atoms with Crippen LogP contribution in [0.1, 0.15) is 25.8 Å². The summed E-state index contributed by atoms with van der Waals surface area (Å²) in [4.78, 5) is 2.30. The number of fused-ring (bicyclic) bond motifs is 6. The van der Waals surface area contributed by atoms with Gasteiger partial charge in [-0.3, -0.25) is 0 Å². The van der Waals surface area contributed by atoms with E-state index in [4.69, 9.17) is 8.83 Å². The SMILES string of the molecule is C/C=C(\C=C/CC)c1ccc2c(c1)oc1cc(N(c3ccc(-c4ccc(-c5ccccc5)c(-c5ccccc5)c4)cc3)c3ccc4c(c3)oc3cc(-c5ccccc5)ccc34)ccc12. The van der Waals surface area contributed by atoms with Crippen molar-refractivity contribution < 1.29 is 8.83 Å². The van der Waals surface area contributed by atoms with E-state index in [9.17, 15) is 0 Å². The fraction of sp³-hybridized carbons (Fsp3) is 0.0492. The van der Waals surface area contributed by atoms with Crippen molar-refractivity contribution in [1.29, 1.82) is 0 Å². The number of anilines is 3. The van der Waals surface area contributed by atoms with E-state index in [1.165, 1.54) is 27.8 Å². The molecule has 0 spiro atoms. The molecule has 0 aliphatic heterocycles. The molecule has 0 radical (unpaired) electrons. The van der Waals surface area contributed by atoms with Crippen molar-refractivity contribution >= 4 is 66.5 Å². The topological polar surface area (TPSA) is 29.5 Å². The van der Waals surface area contributed by atoms with Gasteiger partial charge in [0.25, 0.3) is 0 Å². The summed E-state index contributed by atoms with van der Waals surface area (Å²) in [6.45, 7) is 4.24. The van der Waals surface area contributed by atoms with E-state index in [1.807, 2.05) is 6.07 Å². The summed E-state index contributed by atoms with van der Waals surface area (Å²) in [6.07, 6.45) is 7.52. The first-order valence-corrected chi connectivity index (χ1v) is 22.1. The number of furan rings is 2. The van der Waals surface area contributed by atoms with Crippen LogP contribution in [0.2, 0.25) is 0 Å². The fourth-order valence-corrected chi connectivity index (χ4v) is 9.10. The van der Waals surface area contributed by atoms with Crippen LogP contribution < -0.4 is 4.90 Å². The smallest absolute Gasteiger partial charge is 0.137 e. The summed E-state index contributed by atoms with van der Waals surface area (Å²) < 4.78 is 13.3. The van der Waals surface area contributed by atoms with Gasteiger partial charge in [-0.2, -0.15) is 0 Å². The minimum Gasteiger partial charge on any atom is -0.456 e. The van der Waals surface area contributed by atoms with Gasteiger partial charge >= 0.3 is 0 Å². The van der Waals surface area contributed by atoms with Crippen molar-refractivity contribution in [3.8, 4) is 44.5 Å². The van der Waals surface area contributed by atoms with Gasteiger partial charge in [0.05, 0.1) is 0 Å². The molecule has 0 saturated heterocycles. The van der Waals surface area contributed by atoms with Gasteiger partial charge in [-0.05, 0) is 136 Å². The van der Waals surface area contributed by atoms with Crippen LogP contribution in [-0.4, -0.2) is 0 Å². The molecule has 2 heterocycles. The lowest BCUT2D eigenvalue weighted by Crippen LogP contribution is -2.09. The molecule has 0 N–H and O–H groups in total. The number of benzene rings is 9. The molecular weight excluding hydrogens is 779 g/mol. The van der Waals surface area contributed by atoms with E-state index in [-0.39, 0.29) is 0 Å². The van der Waals surface area contributed by atoms with Gasteiger partial charge < -0.3 is 13.7 Å². The molecule has 9 aromatic carbocycles. The molecule has 2 aromatic heterocycles. The molecule has 0 aliphatic rings. The Balaban J connectivity index is 1.02. The number of nitrogens with zero attached hydrogens (tertiary/aromatic N) is 1. The van der Waals surface area contributed by atoms with Gasteiger partial charge in [0.2, 0.25) is 0 Å². The Kier molecular flexibility index (Phi) is 10.1. The highest BCUT2D eigenvalue weighted by molar-refractivity contribution is 6.09. The van der Waals surface area contributed by atoms with Gasteiger partial charge in [0.1, 0.15) is 22.3 Å². The highest BCUT2D eigenvalue weighted by Crippen LogP contribution is 2.43. The third-order valence-corrected chi connectivity index (χ3v) is 12.4. The maximum absolute atomic E-state index is 6.68. The van der Waals surface area contributed by atoms with Crippen LogP contribution in [-0.2, 0) is 0 Å². The van der Waals surface area contributed by atoms with Crippen molar-refractivity contribution in [1.82, 2.24) is 0 Å². The summed E-state index contributed by atoms with van der Waals surface area (Å²) in [5.41, 5.74) is 18.1. The Bertz CT molecular complexity index is 3520. The van der Waals surface area contributed by atoms with Crippen molar-refractivity contribution in [2.75, 3.05) is 4.90 Å². The zero-order valence-corrected chi connectivity index (χ0v) is 35.8. The number of hydrogen-bond acceptors (Lipinski definition) is 3. The predicted octanol–water partition coefficient (Wildman–Crippen LogP) is 18.0. The Morgan fingerprint density at radius 1 is 0.406 bits per heavy atom. The van der Waals surface area contributed by atoms with E-state index in [2.05, 4.69) is 237 Å². The summed E-state index contributed by atoms with van der Waals surface area (Å²) in [5.74, 6) is 0. The molecule has 3 heteroatoms. The first-order valence-electron chi connectivity index (χ1n) is 22.1. The lowest BCUT2D eigenvalue weighted by atomic mass is 9.91. The van der Waals surface area contributed by atoms with E-state index in [0.717, 1.165) is 95.2 Å². The van der Waals surface area contributed by atoms with Crippen LogP contribution in [0.4, 0.5) is 17.1 Å². The van der Waals surface area contributed by atoms with Crippen molar-refractivity contribution in [2.45, 2.75) is 20.3 Å². The molecule has 11 aromatic rings. The van der Waals surface area contributed by atoms with Crippen LogP contribution in [0, 0.1) is 0 Å². The van der Waals surface area contributed by atoms with Crippen LogP contribution in [0.15, 0.2) is 233 Å². The molecule has 0 aliphatic carbocycles. The van der Waals surface area contributed by atoms with Gasteiger partial charge in [-0.25, -0.2) is 0 Å². The lowest BCUT2D eigenvalue weighted by molar-refractivity contribution is 0.669. The van der Waals surface area contributed by atoms with E-state index in [1.54, 1.807) is 0 Å². The van der Waals surface area contributed by atoms with Crippen molar-refractivity contribution in [2.24, 2.45) is 0 Å². The van der Waals surface area contributed by atoms with Crippen molar-refractivity contribution in [3.05, 3.63) is 230 Å². The van der Waals surface area contributed by atoms with Gasteiger partial charge in [-0.15, -0.1) is 0 Å². The van der Waals surface area contributed by atoms with E-state index in [0.29, 0.717) is 0 Å². The highest BCUT2D eigenvalue weighted by atomic mass is 16.3. The number of allylic oxidation sites excluding steroid dienone is 4. The standard InChI is InChI=1S/C61H45NO2/c1-3-5-15-41(4-2)47-25-32-53-55-34-29-50(39-60(55)63-58(53)37-47)62(51-30-35-56-54-33-26-48(42-16-9-6-10-17-42)38-59(54)64-61(56)40-51)49-27-22-43(23-28-49)46-24-31-52(44-18-11-7-12-19-44)57(36-46)45-20-13-8-14-21-45/h4-40H,3H2,1-2H3/b15-5-,41-4+. The molecule has 64 heavy (non-hydrogen) atoms. The molecule has 0 atom stereocenters. The summed E-state index contributed by atoms with van der Waals surface area (Å²) in [7, 11) is 0. The molecule has 3 nitrogen and oxygen atoms in total. The summed E-state index contributed by atoms with van der Waals surface area (Å²) >= 11 is 0. The first-order chi connectivity index (χ1) is 31.6. The minimum absolute atomic E-state index is 0.834. The molecule has 0 unspecified atom stereocenters. The second-order valence-electron chi connectivity index (χ2n) is 16.3. The Morgan fingerprint density at radius 2 is 0.859 bits per heavy atom. The quantitative estimate of drug-likeness (QED) is 0.129. The minimum atomic E-state index is 0.834. The molecule has 0 bridgehead atoms. The first kappa shape index (κ1) is 38.8. The molecule has 0 amide bonds. The monoisotopic (exact) mass is 823 g/mol. The Hall–Kier alpha value is -8.14. The highest BCUT2D eigenvalue weighted by Gasteiger charge is 2.19. The van der Waals surface area contributed by atoms with E-state index < -0.39 is 0 Å². The molecule has 0 saturated carbocycles. The van der Waals surface area contributed by atoms with E-state index >= 15 is 0 Å². The Labute approximate surface area is 373 Å². The number of rotatable bonds is 10. The maximum Gasteiger partial charge on any atom is 0.137 e. The zero-order valence-electron chi connectivity index (χ0n) is 35.8. The fourth-order valence-electron chi connectivity index (χ4n) is 9.10. The zero-order chi connectivity index (χ0) is 43.0. The van der Waals surface area contributed by atoms with Crippen LogP contribution in [0.25, 0.3) is 94.0 Å². The van der Waals surface area contributed by atoms with Crippen LogP contribution in [0.5, 0.6) is 0 Å². The maximum atomic E-state index is 6.68. The van der Waals surface area contributed by atoms with Crippen molar-refractivity contribution in [3.63, 3.8) is 0 Å². The third-order valence-electron chi connectivity index (χ3n) is 12.4. The normalized spacial score (nSPS) is 12.0. The molecular formula is C61H45NO2. The van der Waals surface area contributed by atoms with Gasteiger partial charge in [0.15, 0.2) is 0 Å². The average Bonchev–Trinajstić information content (AvgIpc) is 3.92. The van der Waals surface area contributed by atoms with Gasteiger partial charge in [-0.1, -0.05) is 153 Å². The Morgan fingerprint density at radius 3 is 1.45 bits per heavy atom. The largest absolute Gasteiger partial charge is 0.456 e. The number of hydrogen-bond donors (Lipinski definition) is 0. The second-order valence-corrected chi connectivity index (χ2v) is 16.3. The van der Waals surface area contributed by atoms with Crippen LogP contribution in [0.3, 0.4) is 0 Å².